The molecule has 1 fully saturated rings. The van der Waals surface area contributed by atoms with Crippen molar-refractivity contribution in [3.8, 4) is 11.1 Å². The molecule has 3 heterocycles. The van der Waals surface area contributed by atoms with Gasteiger partial charge in [0.2, 0.25) is 0 Å². The van der Waals surface area contributed by atoms with Crippen LogP contribution in [0.2, 0.25) is 0 Å². The van der Waals surface area contributed by atoms with Gasteiger partial charge in [-0.3, -0.25) is 15.0 Å². The number of hydrogen-bond donors (Lipinski definition) is 4. The first-order valence-electron chi connectivity index (χ1n) is 12.8. The van der Waals surface area contributed by atoms with Gasteiger partial charge in [-0.1, -0.05) is 63.2 Å². The molecule has 0 radical (unpaired) electrons. The molecule has 5 rings (SSSR count). The van der Waals surface area contributed by atoms with Crippen LogP contribution in [0.3, 0.4) is 0 Å². The highest BCUT2D eigenvalue weighted by Crippen LogP contribution is 2.34. The Bertz CT molecular complexity index is 1360. The van der Waals surface area contributed by atoms with Crippen LogP contribution in [0.5, 0.6) is 0 Å². The van der Waals surface area contributed by atoms with Crippen molar-refractivity contribution in [3.05, 3.63) is 102 Å². The van der Waals surface area contributed by atoms with Crippen LogP contribution in [0.1, 0.15) is 60.7 Å². The van der Waals surface area contributed by atoms with Crippen molar-refractivity contribution in [2.45, 2.75) is 39.2 Å². The van der Waals surface area contributed by atoms with Gasteiger partial charge in [0.05, 0.1) is 17.9 Å². The van der Waals surface area contributed by atoms with Crippen LogP contribution in [-0.4, -0.2) is 39.4 Å². The van der Waals surface area contributed by atoms with Crippen molar-refractivity contribution in [3.63, 3.8) is 0 Å². The smallest absolute Gasteiger partial charge is 0.251 e. The average Bonchev–Trinajstić information content (AvgIpc) is 3.63. The fourth-order valence-electron chi connectivity index (χ4n) is 5.01. The van der Waals surface area contributed by atoms with Crippen molar-refractivity contribution in [2.24, 2.45) is 5.41 Å². The van der Waals surface area contributed by atoms with Crippen molar-refractivity contribution >= 4 is 11.5 Å². The summed E-state index contributed by atoms with van der Waals surface area (Å²) < 4.78 is 0. The minimum Gasteiger partial charge on any atom is -0.342 e. The van der Waals surface area contributed by atoms with E-state index in [-0.39, 0.29) is 11.3 Å². The van der Waals surface area contributed by atoms with Crippen molar-refractivity contribution in [1.82, 2.24) is 31.0 Å². The van der Waals surface area contributed by atoms with E-state index in [1.807, 2.05) is 43.0 Å². The number of allylic oxidation sites excluding steroid dienone is 1. The van der Waals surface area contributed by atoms with Gasteiger partial charge >= 0.3 is 0 Å². The molecule has 7 nitrogen and oxygen atoms in total. The van der Waals surface area contributed by atoms with E-state index in [1.165, 1.54) is 0 Å². The lowest BCUT2D eigenvalue weighted by Crippen LogP contribution is -2.52. The van der Waals surface area contributed by atoms with Gasteiger partial charge in [-0.2, -0.15) is 10.2 Å². The Morgan fingerprint density at radius 3 is 2.24 bits per heavy atom. The van der Waals surface area contributed by atoms with Crippen LogP contribution in [0.25, 0.3) is 16.7 Å². The maximum atomic E-state index is 13.7. The highest BCUT2D eigenvalue weighted by Gasteiger charge is 2.35. The number of nitrogens with one attached hydrogen (secondary N) is 4. The van der Waals surface area contributed by atoms with Crippen LogP contribution in [0.15, 0.2) is 79.4 Å². The molecular formula is C30H34N6O. The SMILES string of the molecule is CC(C)(C)/C=C(\c1cn[nH]c1)c1cccc(C(=O)NC2(c3ccc(-c4cn[nH]c4)cc3)CCNCC2)c1. The lowest BCUT2D eigenvalue weighted by molar-refractivity contribution is 0.0872. The van der Waals surface area contributed by atoms with E-state index in [9.17, 15) is 4.79 Å². The lowest BCUT2D eigenvalue weighted by Gasteiger charge is -2.39. The van der Waals surface area contributed by atoms with E-state index >= 15 is 0 Å². The number of nitrogens with zero attached hydrogens (tertiary/aromatic N) is 2. The predicted octanol–water partition coefficient (Wildman–Crippen LogP) is 5.29. The van der Waals surface area contributed by atoms with Crippen LogP contribution in [0.4, 0.5) is 0 Å². The highest BCUT2D eigenvalue weighted by atomic mass is 16.1. The number of amides is 1. The number of carbonyl (C=O) groups excluding carboxylic acids is 1. The normalized spacial score (nSPS) is 15.9. The summed E-state index contributed by atoms with van der Waals surface area (Å²) in [4.78, 5) is 13.7. The molecule has 1 amide bonds. The molecule has 2 aromatic carbocycles. The number of carbonyl (C=O) groups is 1. The van der Waals surface area contributed by atoms with E-state index in [1.54, 1.807) is 0 Å². The monoisotopic (exact) mass is 494 g/mol. The van der Waals surface area contributed by atoms with Crippen molar-refractivity contribution in [2.75, 3.05) is 13.1 Å². The quantitative estimate of drug-likeness (QED) is 0.293. The standard InChI is InChI=1S/C30H34N6O/c1-29(2,3)16-27(25-19-34-35-20-25)22-5-4-6-23(15-22)28(37)36-30(11-13-31-14-12-30)26-9-7-21(8-10-26)24-17-32-33-18-24/h4-10,15-20,31H,11-14H2,1-3H3,(H,32,33)(H,34,35)(H,36,37)/b27-16-. The van der Waals surface area contributed by atoms with Gasteiger partial charge in [-0.05, 0) is 65.7 Å². The zero-order chi connectivity index (χ0) is 25.9. The largest absolute Gasteiger partial charge is 0.342 e. The molecule has 0 bridgehead atoms. The number of aromatic amines is 2. The third-order valence-electron chi connectivity index (χ3n) is 6.90. The van der Waals surface area contributed by atoms with Crippen LogP contribution < -0.4 is 10.6 Å². The Balaban J connectivity index is 1.45. The molecule has 0 saturated carbocycles. The van der Waals surface area contributed by atoms with Gasteiger partial charge in [-0.25, -0.2) is 0 Å². The minimum atomic E-state index is -0.429. The Morgan fingerprint density at radius 2 is 1.59 bits per heavy atom. The summed E-state index contributed by atoms with van der Waals surface area (Å²) in [5.41, 5.74) is 6.50. The van der Waals surface area contributed by atoms with E-state index in [2.05, 4.69) is 88.2 Å². The first-order chi connectivity index (χ1) is 17.8. The fourth-order valence-corrected chi connectivity index (χ4v) is 5.01. The summed E-state index contributed by atoms with van der Waals surface area (Å²) in [6, 6.07) is 16.3. The third-order valence-corrected chi connectivity index (χ3v) is 6.90. The van der Waals surface area contributed by atoms with Crippen LogP contribution >= 0.6 is 0 Å². The number of piperidine rings is 1. The van der Waals surface area contributed by atoms with E-state index < -0.39 is 5.54 Å². The summed E-state index contributed by atoms with van der Waals surface area (Å²) >= 11 is 0. The van der Waals surface area contributed by atoms with Crippen LogP contribution in [-0.2, 0) is 5.54 Å². The average molecular weight is 495 g/mol. The van der Waals surface area contributed by atoms with E-state index in [0.29, 0.717) is 5.56 Å². The van der Waals surface area contributed by atoms with Crippen molar-refractivity contribution in [1.29, 1.82) is 0 Å². The van der Waals surface area contributed by atoms with Gasteiger partial charge in [-0.15, -0.1) is 0 Å². The van der Waals surface area contributed by atoms with Gasteiger partial charge < -0.3 is 10.6 Å². The van der Waals surface area contributed by atoms with E-state index in [0.717, 1.165) is 59.3 Å². The summed E-state index contributed by atoms with van der Waals surface area (Å²) in [5.74, 6) is -0.0648. The first-order valence-corrected chi connectivity index (χ1v) is 12.8. The Kier molecular flexibility index (Phi) is 6.80. The van der Waals surface area contributed by atoms with Gasteiger partial charge in [0.25, 0.3) is 5.91 Å². The summed E-state index contributed by atoms with van der Waals surface area (Å²) in [6.07, 6.45) is 11.3. The summed E-state index contributed by atoms with van der Waals surface area (Å²) in [7, 11) is 0. The maximum absolute atomic E-state index is 13.7. The molecule has 1 aliphatic heterocycles. The fraction of sp³-hybridized carbons (Fsp3) is 0.300. The second-order valence-corrected chi connectivity index (χ2v) is 10.8. The number of benzene rings is 2. The number of hydrogen-bond acceptors (Lipinski definition) is 4. The Labute approximate surface area is 217 Å². The molecule has 1 saturated heterocycles. The second-order valence-electron chi connectivity index (χ2n) is 10.8. The van der Waals surface area contributed by atoms with Gasteiger partial charge in [0, 0.05) is 29.1 Å². The molecule has 37 heavy (non-hydrogen) atoms. The summed E-state index contributed by atoms with van der Waals surface area (Å²) in [6.45, 7) is 8.21. The first kappa shape index (κ1) is 24.7. The molecule has 0 spiro atoms. The topological polar surface area (TPSA) is 98.5 Å². The molecule has 7 heteroatoms. The van der Waals surface area contributed by atoms with Crippen molar-refractivity contribution < 1.29 is 4.79 Å². The highest BCUT2D eigenvalue weighted by molar-refractivity contribution is 5.96. The number of H-pyrrole nitrogens is 2. The molecule has 0 unspecified atom stereocenters. The lowest BCUT2D eigenvalue weighted by atomic mass is 9.80. The van der Waals surface area contributed by atoms with Gasteiger partial charge in [0.1, 0.15) is 0 Å². The minimum absolute atomic E-state index is 0.0351. The van der Waals surface area contributed by atoms with Gasteiger partial charge in [0.15, 0.2) is 0 Å². The second kappa shape index (κ2) is 10.2. The molecule has 0 atom stereocenters. The number of rotatable bonds is 6. The predicted molar refractivity (Wildman–Crippen MR) is 147 cm³/mol. The number of aromatic nitrogens is 4. The third kappa shape index (κ3) is 5.57. The molecule has 1 aliphatic rings. The zero-order valence-electron chi connectivity index (χ0n) is 21.6. The Morgan fingerprint density at radius 1 is 0.892 bits per heavy atom. The molecule has 4 N–H and O–H groups in total. The van der Waals surface area contributed by atoms with E-state index in [4.69, 9.17) is 0 Å². The Hall–Kier alpha value is -3.97. The maximum Gasteiger partial charge on any atom is 0.251 e. The zero-order valence-corrected chi connectivity index (χ0v) is 21.6. The molecule has 0 aliphatic carbocycles. The summed E-state index contributed by atoms with van der Waals surface area (Å²) in [5, 5.41) is 20.8. The molecule has 2 aromatic heterocycles. The van der Waals surface area contributed by atoms with Crippen LogP contribution in [0, 0.1) is 5.41 Å². The molecular weight excluding hydrogens is 460 g/mol. The molecule has 190 valence electrons. The molecule has 4 aromatic rings.